The number of nitriles is 1. The normalized spacial score (nSPS) is 37.2. The van der Waals surface area contributed by atoms with Crippen LogP contribution in [0.2, 0.25) is 0 Å². The lowest BCUT2D eigenvalue weighted by molar-refractivity contribution is -0.141. The van der Waals surface area contributed by atoms with Gasteiger partial charge in [0.2, 0.25) is 5.91 Å². The maximum Gasteiger partial charge on any atom is 0.246 e. The zero-order valence-corrected chi connectivity index (χ0v) is 25.3. The highest BCUT2D eigenvalue weighted by Crippen LogP contribution is 2.50. The molecule has 3 saturated heterocycles. The molecule has 42 heavy (non-hydrogen) atoms. The van der Waals surface area contributed by atoms with Gasteiger partial charge in [-0.2, -0.15) is 5.26 Å². The summed E-state index contributed by atoms with van der Waals surface area (Å²) in [7, 11) is 4.08. The lowest BCUT2D eigenvalue weighted by atomic mass is 9.58. The maximum atomic E-state index is 12.6. The van der Waals surface area contributed by atoms with Crippen LogP contribution in [-0.2, 0) is 27.1 Å². The van der Waals surface area contributed by atoms with Crippen molar-refractivity contribution < 1.29 is 14.3 Å². The molecule has 1 aromatic rings. The molecule has 1 aromatic carbocycles. The van der Waals surface area contributed by atoms with E-state index in [1.807, 2.05) is 12.0 Å². The third-order valence-electron chi connectivity index (χ3n) is 11.1. The third-order valence-corrected chi connectivity index (χ3v) is 11.1. The summed E-state index contributed by atoms with van der Waals surface area (Å²) in [6.45, 7) is 7.56. The zero-order valence-electron chi connectivity index (χ0n) is 25.3. The van der Waals surface area contributed by atoms with Gasteiger partial charge in [-0.25, -0.2) is 0 Å². The predicted octanol–water partition coefficient (Wildman–Crippen LogP) is 2.48. The number of carbonyl (C=O) groups excluding carboxylic acids is 1. The Morgan fingerprint density at radius 1 is 1.19 bits per heavy atom. The molecule has 0 aromatic heterocycles. The van der Waals surface area contributed by atoms with E-state index >= 15 is 0 Å². The number of amides is 1. The highest BCUT2D eigenvalue weighted by molar-refractivity contribution is 5.87. The Morgan fingerprint density at radius 3 is 2.76 bits per heavy atom. The summed E-state index contributed by atoms with van der Waals surface area (Å²) in [5.74, 6) is 0.305. The standard InChI is InChI=1S/C33H48N6O3/c1-4-30(40)39-17-16-38(21-25(39)12-14-34)31-27-11-13-33(19-24-9-6-5-8-23(24)18-29(33)41-3)20-28(27)35-32(36-31)42-22-26-10-7-15-37(26)2/h4-6,8-9,25-29,31-32,35-36H,1,7,10-13,15-22H2,2-3H3. The molecule has 9 heteroatoms. The summed E-state index contributed by atoms with van der Waals surface area (Å²) in [6, 6.07) is 11.8. The zero-order chi connectivity index (χ0) is 29.3. The van der Waals surface area contributed by atoms with Gasteiger partial charge in [-0.15, -0.1) is 0 Å². The number of ether oxygens (including phenoxy) is 2. The second-order valence-corrected chi connectivity index (χ2v) is 13.3. The molecule has 8 unspecified atom stereocenters. The predicted molar refractivity (Wildman–Crippen MR) is 161 cm³/mol. The molecule has 0 radical (unpaired) electrons. The number of piperazine rings is 1. The molecule has 2 aliphatic carbocycles. The molecule has 3 heterocycles. The third kappa shape index (κ3) is 5.78. The van der Waals surface area contributed by atoms with Crippen LogP contribution in [0, 0.1) is 22.7 Å². The fourth-order valence-electron chi connectivity index (χ4n) is 8.74. The number of hydrogen-bond donors (Lipinski definition) is 2. The molecule has 228 valence electrons. The quantitative estimate of drug-likeness (QED) is 0.479. The van der Waals surface area contributed by atoms with E-state index in [4.69, 9.17) is 9.47 Å². The summed E-state index contributed by atoms with van der Waals surface area (Å²) in [6.07, 6.45) is 9.42. The molecular formula is C33H48N6O3. The SMILES string of the molecule is C=CC(=O)N1CCN(C2NC(OCC3CCCN3C)NC3CC4(CCC32)Cc2ccccc2CC4OC)CC1CC#N. The Morgan fingerprint density at radius 2 is 2.02 bits per heavy atom. The van der Waals surface area contributed by atoms with E-state index in [0.717, 1.165) is 45.2 Å². The van der Waals surface area contributed by atoms with Gasteiger partial charge in [-0.1, -0.05) is 30.8 Å². The minimum Gasteiger partial charge on any atom is -0.381 e. The molecular weight excluding hydrogens is 528 g/mol. The molecule has 1 amide bonds. The van der Waals surface area contributed by atoms with Crippen molar-refractivity contribution in [2.45, 2.75) is 88.1 Å². The first kappa shape index (κ1) is 29.7. The minimum absolute atomic E-state index is 0.0873. The van der Waals surface area contributed by atoms with E-state index in [2.05, 4.69) is 64.4 Å². The van der Waals surface area contributed by atoms with Crippen LogP contribution in [0.3, 0.4) is 0 Å². The van der Waals surface area contributed by atoms with Crippen LogP contribution in [0.1, 0.15) is 49.7 Å². The molecule has 5 aliphatic rings. The summed E-state index contributed by atoms with van der Waals surface area (Å²) in [5, 5.41) is 17.3. The fourth-order valence-corrected chi connectivity index (χ4v) is 8.74. The number of likely N-dealkylation sites (N-methyl/N-ethyl adjacent to an activating group) is 1. The van der Waals surface area contributed by atoms with Gasteiger partial charge < -0.3 is 19.3 Å². The van der Waals surface area contributed by atoms with Crippen LogP contribution >= 0.6 is 0 Å². The summed E-state index contributed by atoms with van der Waals surface area (Å²) < 4.78 is 12.8. The highest BCUT2D eigenvalue weighted by atomic mass is 16.5. The topological polar surface area (TPSA) is 93.1 Å². The molecule has 3 aliphatic heterocycles. The molecule has 1 saturated carbocycles. The monoisotopic (exact) mass is 576 g/mol. The molecule has 9 nitrogen and oxygen atoms in total. The van der Waals surface area contributed by atoms with Crippen molar-refractivity contribution in [1.82, 2.24) is 25.3 Å². The van der Waals surface area contributed by atoms with E-state index in [1.165, 1.54) is 30.0 Å². The first-order valence-corrected chi connectivity index (χ1v) is 15.9. The summed E-state index contributed by atoms with van der Waals surface area (Å²) in [4.78, 5) is 19.3. The van der Waals surface area contributed by atoms with E-state index < -0.39 is 0 Å². The van der Waals surface area contributed by atoms with Gasteiger partial charge in [0, 0.05) is 50.2 Å². The maximum absolute atomic E-state index is 12.6. The minimum atomic E-state index is -0.250. The van der Waals surface area contributed by atoms with Gasteiger partial charge >= 0.3 is 0 Å². The van der Waals surface area contributed by atoms with E-state index in [1.54, 1.807) is 0 Å². The number of benzene rings is 1. The molecule has 6 rings (SSSR count). The van der Waals surface area contributed by atoms with Crippen LogP contribution in [0.4, 0.5) is 0 Å². The second kappa shape index (κ2) is 12.7. The molecule has 4 fully saturated rings. The molecule has 0 bridgehead atoms. The Bertz CT molecular complexity index is 1170. The van der Waals surface area contributed by atoms with Crippen molar-refractivity contribution in [2.24, 2.45) is 11.3 Å². The largest absolute Gasteiger partial charge is 0.381 e. The van der Waals surface area contributed by atoms with Crippen molar-refractivity contribution in [3.05, 3.63) is 48.0 Å². The number of carbonyl (C=O) groups is 1. The Labute approximate surface area is 251 Å². The molecule has 2 N–H and O–H groups in total. The van der Waals surface area contributed by atoms with Gasteiger partial charge in [0.1, 0.15) is 0 Å². The molecule has 8 atom stereocenters. The van der Waals surface area contributed by atoms with Crippen molar-refractivity contribution in [3.63, 3.8) is 0 Å². The number of methoxy groups -OCH3 is 1. The number of nitrogens with one attached hydrogen (secondary N) is 2. The number of likely N-dealkylation sites (tertiary alicyclic amines) is 1. The highest BCUT2D eigenvalue weighted by Gasteiger charge is 2.53. The van der Waals surface area contributed by atoms with Crippen molar-refractivity contribution >= 4 is 5.91 Å². The lowest BCUT2D eigenvalue weighted by Crippen LogP contribution is -2.73. The lowest BCUT2D eigenvalue weighted by Gasteiger charge is -2.57. The van der Waals surface area contributed by atoms with Crippen LogP contribution in [0.5, 0.6) is 0 Å². The van der Waals surface area contributed by atoms with Crippen LogP contribution < -0.4 is 10.6 Å². The average molecular weight is 577 g/mol. The van der Waals surface area contributed by atoms with Gasteiger partial charge in [-0.3, -0.25) is 20.3 Å². The van der Waals surface area contributed by atoms with Gasteiger partial charge in [0.05, 0.1) is 37.4 Å². The Kier molecular flexibility index (Phi) is 9.01. The van der Waals surface area contributed by atoms with E-state index in [-0.39, 0.29) is 42.0 Å². The first-order chi connectivity index (χ1) is 20.4. The van der Waals surface area contributed by atoms with E-state index in [9.17, 15) is 10.1 Å². The smallest absolute Gasteiger partial charge is 0.246 e. The van der Waals surface area contributed by atoms with Crippen LogP contribution in [0.25, 0.3) is 0 Å². The summed E-state index contributed by atoms with van der Waals surface area (Å²) >= 11 is 0. The molecule has 1 spiro atoms. The average Bonchev–Trinajstić information content (AvgIpc) is 3.43. The number of hydrogen-bond acceptors (Lipinski definition) is 8. The second-order valence-electron chi connectivity index (χ2n) is 13.3. The van der Waals surface area contributed by atoms with Gasteiger partial charge in [0.15, 0.2) is 6.35 Å². The van der Waals surface area contributed by atoms with Gasteiger partial charge in [-0.05, 0) is 75.7 Å². The first-order valence-electron chi connectivity index (χ1n) is 15.9. The van der Waals surface area contributed by atoms with Crippen molar-refractivity contribution in [3.8, 4) is 6.07 Å². The van der Waals surface area contributed by atoms with Gasteiger partial charge in [0.25, 0.3) is 0 Å². The van der Waals surface area contributed by atoms with Crippen molar-refractivity contribution in [1.29, 1.82) is 5.26 Å². The number of nitrogens with zero attached hydrogens (tertiary/aromatic N) is 4. The Hall–Kier alpha value is -2.32. The number of fused-ring (bicyclic) bond motifs is 2. The van der Waals surface area contributed by atoms with Crippen LogP contribution in [-0.4, -0.2) is 104 Å². The Balaban J connectivity index is 1.24. The van der Waals surface area contributed by atoms with Crippen LogP contribution in [0.15, 0.2) is 36.9 Å². The summed E-state index contributed by atoms with van der Waals surface area (Å²) in [5.41, 5.74) is 2.98. The van der Waals surface area contributed by atoms with E-state index in [0.29, 0.717) is 38.1 Å². The van der Waals surface area contributed by atoms with Crippen molar-refractivity contribution in [2.75, 3.05) is 46.9 Å². The fraction of sp³-hybridized carbons (Fsp3) is 0.697. The number of rotatable bonds is 7.